The van der Waals surface area contributed by atoms with Crippen LogP contribution < -0.4 is 10.9 Å². The van der Waals surface area contributed by atoms with E-state index in [2.05, 4.69) is 10.3 Å². The summed E-state index contributed by atoms with van der Waals surface area (Å²) in [6.07, 6.45) is 2.32. The van der Waals surface area contributed by atoms with Gasteiger partial charge in [-0.1, -0.05) is 0 Å². The van der Waals surface area contributed by atoms with Gasteiger partial charge in [0, 0.05) is 38.9 Å². The summed E-state index contributed by atoms with van der Waals surface area (Å²) < 4.78 is 6.29. The van der Waals surface area contributed by atoms with E-state index in [1.54, 1.807) is 32.5 Å². The van der Waals surface area contributed by atoms with Crippen molar-refractivity contribution in [1.82, 2.24) is 14.9 Å². The summed E-state index contributed by atoms with van der Waals surface area (Å²) in [5.41, 5.74) is 0.347. The number of pyridine rings is 2. The fourth-order valence-corrected chi connectivity index (χ4v) is 1.97. The van der Waals surface area contributed by atoms with Gasteiger partial charge in [-0.15, -0.1) is 0 Å². The van der Waals surface area contributed by atoms with Gasteiger partial charge in [0.25, 0.3) is 11.5 Å². The molecule has 106 valence electrons. The Hall–Kier alpha value is -2.21. The lowest BCUT2D eigenvalue weighted by Gasteiger charge is -2.08. The second kappa shape index (κ2) is 6.29. The largest absolute Gasteiger partial charge is 0.385 e. The number of nitrogens with zero attached hydrogens (tertiary/aromatic N) is 2. The summed E-state index contributed by atoms with van der Waals surface area (Å²) in [5.74, 6) is -0.368. The predicted octanol–water partition coefficient (Wildman–Crippen LogP) is 0.700. The first kappa shape index (κ1) is 14.2. The van der Waals surface area contributed by atoms with Crippen molar-refractivity contribution in [3.8, 4) is 0 Å². The molecule has 1 amide bonds. The first-order valence-corrected chi connectivity index (χ1v) is 6.37. The number of hydrogen-bond donors (Lipinski definition) is 1. The van der Waals surface area contributed by atoms with Crippen molar-refractivity contribution in [1.29, 1.82) is 0 Å². The van der Waals surface area contributed by atoms with Crippen LogP contribution in [0.1, 0.15) is 16.8 Å². The normalized spacial score (nSPS) is 10.7. The van der Waals surface area contributed by atoms with Crippen molar-refractivity contribution >= 4 is 16.9 Å². The summed E-state index contributed by atoms with van der Waals surface area (Å²) in [6, 6.07) is 5.17. The number of ether oxygens (including phenoxy) is 1. The molecule has 0 radical (unpaired) electrons. The van der Waals surface area contributed by atoms with Crippen molar-refractivity contribution in [2.45, 2.75) is 6.42 Å². The van der Waals surface area contributed by atoms with Gasteiger partial charge in [-0.05, 0) is 24.6 Å². The summed E-state index contributed by atoms with van der Waals surface area (Å²) >= 11 is 0. The van der Waals surface area contributed by atoms with Crippen LogP contribution in [-0.4, -0.2) is 35.7 Å². The standard InChI is InChI=1S/C14H17N3O3/c1-17-12-10(5-3-6-15-12)9-11(14(17)19)13(18)16-7-4-8-20-2/h3,5-6,9H,4,7-8H2,1-2H3,(H,16,18). The number of aryl methyl sites for hydroxylation is 1. The topological polar surface area (TPSA) is 73.2 Å². The molecule has 0 fully saturated rings. The molecule has 2 aromatic rings. The number of methoxy groups -OCH3 is 1. The zero-order valence-electron chi connectivity index (χ0n) is 11.5. The fourth-order valence-electron chi connectivity index (χ4n) is 1.97. The zero-order chi connectivity index (χ0) is 14.5. The van der Waals surface area contributed by atoms with Crippen molar-refractivity contribution in [3.63, 3.8) is 0 Å². The van der Waals surface area contributed by atoms with Gasteiger partial charge in [-0.25, -0.2) is 4.98 Å². The van der Waals surface area contributed by atoms with Gasteiger partial charge in [0.1, 0.15) is 11.2 Å². The SMILES string of the molecule is COCCCNC(=O)c1cc2cccnc2n(C)c1=O. The Kier molecular flexibility index (Phi) is 4.47. The van der Waals surface area contributed by atoms with E-state index in [1.807, 2.05) is 6.07 Å². The van der Waals surface area contributed by atoms with Gasteiger partial charge in [0.05, 0.1) is 0 Å². The van der Waals surface area contributed by atoms with Crippen molar-refractivity contribution in [2.24, 2.45) is 7.05 Å². The monoisotopic (exact) mass is 275 g/mol. The van der Waals surface area contributed by atoms with Gasteiger partial charge >= 0.3 is 0 Å². The smallest absolute Gasteiger partial charge is 0.264 e. The number of fused-ring (bicyclic) bond motifs is 1. The molecule has 6 nitrogen and oxygen atoms in total. The molecule has 2 rings (SSSR count). The molecule has 0 aromatic carbocycles. The molecular weight excluding hydrogens is 258 g/mol. The molecule has 0 aliphatic heterocycles. The number of carbonyl (C=O) groups excluding carboxylic acids is 1. The first-order valence-electron chi connectivity index (χ1n) is 6.37. The van der Waals surface area contributed by atoms with Crippen LogP contribution in [0, 0.1) is 0 Å². The quantitative estimate of drug-likeness (QED) is 0.815. The molecule has 20 heavy (non-hydrogen) atoms. The predicted molar refractivity (Wildman–Crippen MR) is 75.8 cm³/mol. The number of nitrogens with one attached hydrogen (secondary N) is 1. The minimum atomic E-state index is -0.368. The Morgan fingerprint density at radius 1 is 1.50 bits per heavy atom. The Morgan fingerprint density at radius 3 is 3.05 bits per heavy atom. The van der Waals surface area contributed by atoms with Gasteiger partial charge in [0.15, 0.2) is 0 Å². The van der Waals surface area contributed by atoms with Gasteiger partial charge in [0.2, 0.25) is 0 Å². The Morgan fingerprint density at radius 2 is 2.30 bits per heavy atom. The first-order chi connectivity index (χ1) is 9.65. The summed E-state index contributed by atoms with van der Waals surface area (Å²) in [4.78, 5) is 28.3. The van der Waals surface area contributed by atoms with E-state index in [0.717, 1.165) is 5.39 Å². The van der Waals surface area contributed by atoms with E-state index in [1.165, 1.54) is 4.57 Å². The van der Waals surface area contributed by atoms with Crippen molar-refractivity contribution in [3.05, 3.63) is 40.3 Å². The Labute approximate surface area is 116 Å². The summed E-state index contributed by atoms with van der Waals surface area (Å²) in [5, 5.41) is 3.47. The van der Waals surface area contributed by atoms with E-state index in [0.29, 0.717) is 25.2 Å². The average molecular weight is 275 g/mol. The Balaban J connectivity index is 2.28. The second-order valence-electron chi connectivity index (χ2n) is 4.44. The molecule has 0 saturated heterocycles. The summed E-state index contributed by atoms with van der Waals surface area (Å²) in [7, 11) is 3.22. The van der Waals surface area contributed by atoms with Crippen LogP contribution >= 0.6 is 0 Å². The fraction of sp³-hybridized carbons (Fsp3) is 0.357. The maximum Gasteiger partial charge on any atom is 0.264 e. The maximum atomic E-state index is 12.2. The van der Waals surface area contributed by atoms with Crippen LogP contribution in [0.25, 0.3) is 11.0 Å². The number of carbonyl (C=O) groups is 1. The number of hydrogen-bond acceptors (Lipinski definition) is 4. The lowest BCUT2D eigenvalue weighted by atomic mass is 10.2. The van der Waals surface area contributed by atoms with Crippen LogP contribution in [0.2, 0.25) is 0 Å². The molecule has 0 bridgehead atoms. The van der Waals surface area contributed by atoms with E-state index < -0.39 is 0 Å². The maximum absolute atomic E-state index is 12.2. The number of rotatable bonds is 5. The lowest BCUT2D eigenvalue weighted by Crippen LogP contribution is -2.33. The Bertz CT molecular complexity index is 679. The minimum Gasteiger partial charge on any atom is -0.385 e. The minimum absolute atomic E-state index is 0.130. The van der Waals surface area contributed by atoms with Crippen LogP contribution in [0.15, 0.2) is 29.2 Å². The highest BCUT2D eigenvalue weighted by molar-refractivity contribution is 5.96. The number of aromatic nitrogens is 2. The van der Waals surface area contributed by atoms with Crippen molar-refractivity contribution in [2.75, 3.05) is 20.3 Å². The van der Waals surface area contributed by atoms with Crippen LogP contribution in [0.4, 0.5) is 0 Å². The van der Waals surface area contributed by atoms with Crippen LogP contribution in [-0.2, 0) is 11.8 Å². The van der Waals surface area contributed by atoms with Gasteiger partial charge in [-0.3, -0.25) is 14.2 Å². The highest BCUT2D eigenvalue weighted by Crippen LogP contribution is 2.09. The third-order valence-corrected chi connectivity index (χ3v) is 3.02. The zero-order valence-corrected chi connectivity index (χ0v) is 11.5. The van der Waals surface area contributed by atoms with Crippen molar-refractivity contribution < 1.29 is 9.53 Å². The average Bonchev–Trinajstić information content (AvgIpc) is 2.47. The van der Waals surface area contributed by atoms with Gasteiger partial charge in [-0.2, -0.15) is 0 Å². The third kappa shape index (κ3) is 2.85. The molecule has 0 unspecified atom stereocenters. The van der Waals surface area contributed by atoms with E-state index in [4.69, 9.17) is 4.74 Å². The van der Waals surface area contributed by atoms with E-state index >= 15 is 0 Å². The molecule has 0 spiro atoms. The molecule has 2 heterocycles. The van der Waals surface area contributed by atoms with Crippen LogP contribution in [0.5, 0.6) is 0 Å². The summed E-state index contributed by atoms with van der Waals surface area (Å²) in [6.45, 7) is 1.04. The highest BCUT2D eigenvalue weighted by atomic mass is 16.5. The second-order valence-corrected chi connectivity index (χ2v) is 4.44. The van der Waals surface area contributed by atoms with Crippen LogP contribution in [0.3, 0.4) is 0 Å². The number of amides is 1. The lowest BCUT2D eigenvalue weighted by molar-refractivity contribution is 0.0947. The van der Waals surface area contributed by atoms with Gasteiger partial charge < -0.3 is 10.1 Å². The molecule has 0 aliphatic rings. The molecule has 1 N–H and O–H groups in total. The molecule has 0 atom stereocenters. The van der Waals surface area contributed by atoms with E-state index in [9.17, 15) is 9.59 Å². The molecular formula is C14H17N3O3. The molecule has 2 aromatic heterocycles. The highest BCUT2D eigenvalue weighted by Gasteiger charge is 2.13. The molecule has 0 saturated carbocycles. The molecule has 0 aliphatic carbocycles. The third-order valence-electron chi connectivity index (χ3n) is 3.02. The van der Waals surface area contributed by atoms with E-state index in [-0.39, 0.29) is 17.0 Å². The molecule has 6 heteroatoms.